The number of aryl methyl sites for hydroxylation is 2. The van der Waals surface area contributed by atoms with Gasteiger partial charge >= 0.3 is 0 Å². The maximum absolute atomic E-state index is 12.4. The molecule has 4 heteroatoms. The van der Waals surface area contributed by atoms with Gasteiger partial charge in [0.2, 0.25) is 0 Å². The van der Waals surface area contributed by atoms with Gasteiger partial charge in [-0.2, -0.15) is 0 Å². The lowest BCUT2D eigenvalue weighted by Gasteiger charge is -2.18. The molecule has 110 valence electrons. The molecular formula is C17H20N2O2. The fraction of sp³-hybridized carbons (Fsp3) is 0.235. The van der Waals surface area contributed by atoms with E-state index >= 15 is 0 Å². The zero-order valence-electron chi connectivity index (χ0n) is 12.3. The van der Waals surface area contributed by atoms with E-state index in [4.69, 9.17) is 5.73 Å². The van der Waals surface area contributed by atoms with Crippen LogP contribution in [0.1, 0.15) is 33.1 Å². The summed E-state index contributed by atoms with van der Waals surface area (Å²) >= 11 is 0. The number of amides is 1. The first-order valence-corrected chi connectivity index (χ1v) is 6.86. The lowest BCUT2D eigenvalue weighted by Crippen LogP contribution is -2.31. The summed E-state index contributed by atoms with van der Waals surface area (Å²) in [5.41, 5.74) is 9.68. The van der Waals surface area contributed by atoms with Gasteiger partial charge in [0.25, 0.3) is 5.91 Å². The van der Waals surface area contributed by atoms with Gasteiger partial charge in [-0.15, -0.1) is 0 Å². The fourth-order valence-electron chi connectivity index (χ4n) is 2.27. The van der Waals surface area contributed by atoms with Gasteiger partial charge in [0.05, 0.1) is 12.6 Å². The molecule has 0 saturated carbocycles. The van der Waals surface area contributed by atoms with E-state index in [0.29, 0.717) is 11.3 Å². The van der Waals surface area contributed by atoms with Gasteiger partial charge in [-0.25, -0.2) is 0 Å². The van der Waals surface area contributed by atoms with Crippen LogP contribution in [-0.2, 0) is 0 Å². The number of benzene rings is 2. The first-order valence-electron chi connectivity index (χ1n) is 6.86. The van der Waals surface area contributed by atoms with Gasteiger partial charge in [-0.1, -0.05) is 36.4 Å². The summed E-state index contributed by atoms with van der Waals surface area (Å²) in [7, 11) is 0. The number of hydrogen-bond acceptors (Lipinski definition) is 3. The van der Waals surface area contributed by atoms with Crippen LogP contribution in [0.3, 0.4) is 0 Å². The number of carbonyl (C=O) groups is 1. The summed E-state index contributed by atoms with van der Waals surface area (Å²) in [6.07, 6.45) is 0. The zero-order chi connectivity index (χ0) is 15.4. The van der Waals surface area contributed by atoms with Crippen LogP contribution in [0.4, 0.5) is 5.69 Å². The highest BCUT2D eigenvalue weighted by Gasteiger charge is 2.17. The SMILES string of the molecule is Cc1cc(C)c(C(=O)N[C@H](CO)c2ccccc2)cc1N. The van der Waals surface area contributed by atoms with Crippen LogP contribution in [0.5, 0.6) is 0 Å². The topological polar surface area (TPSA) is 75.3 Å². The molecule has 0 bridgehead atoms. The summed E-state index contributed by atoms with van der Waals surface area (Å²) in [6, 6.07) is 12.5. The van der Waals surface area contributed by atoms with Crippen molar-refractivity contribution in [2.24, 2.45) is 0 Å². The first kappa shape index (κ1) is 15.1. The first-order chi connectivity index (χ1) is 10.0. The third kappa shape index (κ3) is 3.41. The minimum atomic E-state index is -0.430. The number of nitrogens with one attached hydrogen (secondary N) is 1. The number of hydrogen-bond donors (Lipinski definition) is 3. The third-order valence-electron chi connectivity index (χ3n) is 3.55. The minimum absolute atomic E-state index is 0.157. The van der Waals surface area contributed by atoms with Crippen LogP contribution in [0.15, 0.2) is 42.5 Å². The van der Waals surface area contributed by atoms with Crippen molar-refractivity contribution >= 4 is 11.6 Å². The molecule has 4 N–H and O–H groups in total. The average molecular weight is 284 g/mol. The van der Waals surface area contributed by atoms with E-state index in [1.165, 1.54) is 0 Å². The zero-order valence-corrected chi connectivity index (χ0v) is 12.3. The van der Waals surface area contributed by atoms with E-state index < -0.39 is 6.04 Å². The highest BCUT2D eigenvalue weighted by molar-refractivity contribution is 5.97. The second kappa shape index (κ2) is 6.41. The summed E-state index contributed by atoms with van der Waals surface area (Å²) in [5, 5.41) is 12.3. The molecule has 1 atom stereocenters. The Hall–Kier alpha value is -2.33. The number of rotatable bonds is 4. The Kier molecular flexibility index (Phi) is 4.60. The molecule has 0 aliphatic rings. The quantitative estimate of drug-likeness (QED) is 0.754. The van der Waals surface area contributed by atoms with E-state index in [2.05, 4.69) is 5.32 Å². The number of anilines is 1. The number of nitrogens with two attached hydrogens (primary N) is 1. The highest BCUT2D eigenvalue weighted by Crippen LogP contribution is 2.19. The molecule has 2 rings (SSSR count). The molecule has 0 heterocycles. The Morgan fingerprint density at radius 3 is 2.48 bits per heavy atom. The number of carbonyl (C=O) groups excluding carboxylic acids is 1. The van der Waals surface area contributed by atoms with Gasteiger partial charge in [0, 0.05) is 11.3 Å². The summed E-state index contributed by atoms with van der Waals surface area (Å²) < 4.78 is 0. The van der Waals surface area contributed by atoms with Crippen molar-refractivity contribution in [1.29, 1.82) is 0 Å². The Balaban J connectivity index is 2.23. The van der Waals surface area contributed by atoms with Gasteiger partial charge in [-0.3, -0.25) is 4.79 Å². The Bertz CT molecular complexity index is 639. The van der Waals surface area contributed by atoms with Gasteiger partial charge in [0.1, 0.15) is 0 Å². The predicted octanol–water partition coefficient (Wildman–Crippen LogP) is 2.35. The number of aliphatic hydroxyl groups is 1. The number of aliphatic hydroxyl groups excluding tert-OH is 1. The van der Waals surface area contributed by atoms with E-state index in [1.807, 2.05) is 50.2 Å². The maximum Gasteiger partial charge on any atom is 0.252 e. The van der Waals surface area contributed by atoms with Crippen molar-refractivity contribution in [3.8, 4) is 0 Å². The van der Waals surface area contributed by atoms with Crippen LogP contribution in [0, 0.1) is 13.8 Å². The molecule has 0 fully saturated rings. The highest BCUT2D eigenvalue weighted by atomic mass is 16.3. The molecule has 1 amide bonds. The van der Waals surface area contributed by atoms with Crippen molar-refractivity contribution in [1.82, 2.24) is 5.32 Å². The molecule has 0 aliphatic heterocycles. The Morgan fingerprint density at radius 2 is 1.86 bits per heavy atom. The molecule has 4 nitrogen and oxygen atoms in total. The van der Waals surface area contributed by atoms with Crippen LogP contribution < -0.4 is 11.1 Å². The summed E-state index contributed by atoms with van der Waals surface area (Å²) in [6.45, 7) is 3.62. The van der Waals surface area contributed by atoms with E-state index in [-0.39, 0.29) is 12.5 Å². The molecule has 0 aliphatic carbocycles. The smallest absolute Gasteiger partial charge is 0.252 e. The molecule has 2 aromatic carbocycles. The van der Waals surface area contributed by atoms with Gasteiger partial charge < -0.3 is 16.2 Å². The van der Waals surface area contributed by atoms with Crippen LogP contribution in [0.25, 0.3) is 0 Å². The van der Waals surface area contributed by atoms with Crippen molar-refractivity contribution in [3.05, 3.63) is 64.7 Å². The van der Waals surface area contributed by atoms with Crippen molar-refractivity contribution in [3.63, 3.8) is 0 Å². The lowest BCUT2D eigenvalue weighted by atomic mass is 10.0. The maximum atomic E-state index is 12.4. The second-order valence-electron chi connectivity index (χ2n) is 5.14. The second-order valence-corrected chi connectivity index (χ2v) is 5.14. The lowest BCUT2D eigenvalue weighted by molar-refractivity contribution is 0.0915. The standard InChI is InChI=1S/C17H20N2O2/c1-11-8-12(2)15(18)9-14(11)17(21)19-16(10-20)13-6-4-3-5-7-13/h3-9,16,20H,10,18H2,1-2H3,(H,19,21)/t16-/m1/s1. The molecular weight excluding hydrogens is 264 g/mol. The van der Waals surface area contributed by atoms with E-state index in [9.17, 15) is 9.90 Å². The van der Waals surface area contributed by atoms with Crippen LogP contribution >= 0.6 is 0 Å². The molecule has 0 spiro atoms. The molecule has 0 unspecified atom stereocenters. The number of nitrogen functional groups attached to an aromatic ring is 1. The van der Waals surface area contributed by atoms with Crippen molar-refractivity contribution < 1.29 is 9.90 Å². The summed E-state index contributed by atoms with van der Waals surface area (Å²) in [4.78, 5) is 12.4. The average Bonchev–Trinajstić information content (AvgIpc) is 2.49. The van der Waals surface area contributed by atoms with Crippen LogP contribution in [0.2, 0.25) is 0 Å². The molecule has 0 saturated heterocycles. The third-order valence-corrected chi connectivity index (χ3v) is 3.55. The predicted molar refractivity (Wildman–Crippen MR) is 84.1 cm³/mol. The van der Waals surface area contributed by atoms with Crippen LogP contribution in [-0.4, -0.2) is 17.6 Å². The Morgan fingerprint density at radius 1 is 1.19 bits per heavy atom. The van der Waals surface area contributed by atoms with Crippen molar-refractivity contribution in [2.45, 2.75) is 19.9 Å². The molecule has 0 aromatic heterocycles. The van der Waals surface area contributed by atoms with Crippen molar-refractivity contribution in [2.75, 3.05) is 12.3 Å². The van der Waals surface area contributed by atoms with Gasteiger partial charge in [-0.05, 0) is 36.6 Å². The van der Waals surface area contributed by atoms with E-state index in [0.717, 1.165) is 16.7 Å². The largest absolute Gasteiger partial charge is 0.398 e. The van der Waals surface area contributed by atoms with E-state index in [1.54, 1.807) is 6.07 Å². The molecule has 2 aromatic rings. The van der Waals surface area contributed by atoms with Gasteiger partial charge in [0.15, 0.2) is 0 Å². The minimum Gasteiger partial charge on any atom is -0.398 e. The Labute approximate surface area is 124 Å². The molecule has 0 radical (unpaired) electrons. The summed E-state index contributed by atoms with van der Waals surface area (Å²) in [5.74, 6) is -0.234. The molecule has 21 heavy (non-hydrogen) atoms. The fourth-order valence-corrected chi connectivity index (χ4v) is 2.27. The normalized spacial score (nSPS) is 12.0. The monoisotopic (exact) mass is 284 g/mol.